The number of ether oxygens (including phenoxy) is 2. The van der Waals surface area contributed by atoms with E-state index in [-0.39, 0.29) is 43.5 Å². The maximum absolute atomic E-state index is 12.7. The lowest BCUT2D eigenvalue weighted by Crippen LogP contribution is -2.56. The number of amides is 6. The lowest BCUT2D eigenvalue weighted by atomic mass is 9.98. The first-order valence-electron chi connectivity index (χ1n) is 15.7. The normalized spacial score (nSPS) is 16.3. The summed E-state index contributed by atoms with van der Waals surface area (Å²) >= 11 is 0. The first-order chi connectivity index (χ1) is 22.0. The highest BCUT2D eigenvalue weighted by atomic mass is 16.6. The molecule has 2 saturated heterocycles. The second-order valence-electron chi connectivity index (χ2n) is 12.6. The van der Waals surface area contributed by atoms with Gasteiger partial charge >= 0.3 is 18.2 Å². The van der Waals surface area contributed by atoms with Gasteiger partial charge in [0.15, 0.2) is 0 Å². The van der Waals surface area contributed by atoms with E-state index < -0.39 is 17.8 Å². The highest BCUT2D eigenvalue weighted by Gasteiger charge is 2.31. The fraction of sp³-hybridized carbons (Fsp3) is 0.485. The van der Waals surface area contributed by atoms with Crippen LogP contribution in [0.2, 0.25) is 0 Å². The molecule has 0 spiro atoms. The van der Waals surface area contributed by atoms with E-state index in [1.54, 1.807) is 40.4 Å². The van der Waals surface area contributed by atoms with Gasteiger partial charge in [0.25, 0.3) is 0 Å². The number of benzene rings is 2. The molecule has 0 unspecified atom stereocenters. The summed E-state index contributed by atoms with van der Waals surface area (Å²) in [5, 5.41) is 5.21. The Hall–Kier alpha value is -4.81. The van der Waals surface area contributed by atoms with Crippen LogP contribution in [-0.4, -0.2) is 127 Å². The molecule has 1 aliphatic carbocycles. The molecule has 2 heterocycles. The Morgan fingerprint density at radius 3 is 1.65 bits per heavy atom. The van der Waals surface area contributed by atoms with E-state index in [1.807, 2.05) is 36.4 Å². The van der Waals surface area contributed by atoms with Crippen molar-refractivity contribution >= 4 is 30.0 Å². The van der Waals surface area contributed by atoms with Gasteiger partial charge in [0.2, 0.25) is 11.8 Å². The van der Waals surface area contributed by atoms with Crippen LogP contribution in [0, 0.1) is 0 Å². The van der Waals surface area contributed by atoms with E-state index in [0.717, 1.165) is 22.3 Å². The monoisotopic (exact) mass is 634 g/mol. The lowest BCUT2D eigenvalue weighted by Gasteiger charge is -2.36. The second kappa shape index (κ2) is 14.1. The molecule has 0 saturated carbocycles. The van der Waals surface area contributed by atoms with Gasteiger partial charge in [-0.1, -0.05) is 48.5 Å². The molecule has 5 rings (SSSR count). The van der Waals surface area contributed by atoms with Crippen LogP contribution in [0.3, 0.4) is 0 Å². The Morgan fingerprint density at radius 2 is 1.13 bits per heavy atom. The van der Waals surface area contributed by atoms with Crippen molar-refractivity contribution in [1.29, 1.82) is 0 Å². The van der Waals surface area contributed by atoms with Crippen LogP contribution in [0.4, 0.5) is 14.4 Å². The zero-order valence-corrected chi connectivity index (χ0v) is 26.6. The number of nitrogens with zero attached hydrogens (tertiary/aromatic N) is 4. The van der Waals surface area contributed by atoms with Gasteiger partial charge in [-0.2, -0.15) is 0 Å². The number of fused-ring (bicyclic) bond motifs is 3. The van der Waals surface area contributed by atoms with Crippen LogP contribution in [0.1, 0.15) is 37.8 Å². The van der Waals surface area contributed by atoms with Crippen molar-refractivity contribution in [2.24, 2.45) is 0 Å². The maximum Gasteiger partial charge on any atom is 0.410 e. The molecule has 2 N–H and O–H groups in total. The molecule has 46 heavy (non-hydrogen) atoms. The Bertz CT molecular complexity index is 1410. The Balaban J connectivity index is 0.975. The third kappa shape index (κ3) is 7.88. The predicted octanol–water partition coefficient (Wildman–Crippen LogP) is 2.46. The summed E-state index contributed by atoms with van der Waals surface area (Å²) < 4.78 is 10.9. The summed E-state index contributed by atoms with van der Waals surface area (Å²) in [6.45, 7) is 7.85. The van der Waals surface area contributed by atoms with E-state index in [0.29, 0.717) is 52.4 Å². The molecular weight excluding hydrogens is 592 g/mol. The van der Waals surface area contributed by atoms with Crippen LogP contribution in [0.5, 0.6) is 0 Å². The van der Waals surface area contributed by atoms with Gasteiger partial charge in [0, 0.05) is 58.3 Å². The van der Waals surface area contributed by atoms with Gasteiger partial charge in [-0.05, 0) is 43.0 Å². The number of piperazine rings is 2. The van der Waals surface area contributed by atoms with Crippen molar-refractivity contribution in [3.05, 3.63) is 59.7 Å². The van der Waals surface area contributed by atoms with Crippen LogP contribution >= 0.6 is 0 Å². The summed E-state index contributed by atoms with van der Waals surface area (Å²) in [5.41, 5.74) is 3.90. The smallest absolute Gasteiger partial charge is 0.410 e. The van der Waals surface area contributed by atoms with Crippen LogP contribution in [0.25, 0.3) is 11.1 Å². The highest BCUT2D eigenvalue weighted by Crippen LogP contribution is 2.44. The maximum atomic E-state index is 12.7. The minimum Gasteiger partial charge on any atom is -0.449 e. The Labute approximate surface area is 268 Å². The zero-order chi connectivity index (χ0) is 32.8. The third-order valence-corrected chi connectivity index (χ3v) is 8.32. The Kier molecular flexibility index (Phi) is 9.98. The third-order valence-electron chi connectivity index (χ3n) is 8.32. The standard InChI is InChI=1S/C33H42N6O7/c1-33(2,3)46-32(44)39-18-14-37(15-19-39)28(40)20-34-30(42)38-16-12-36(13-17-38)29(41)21-35-31(43)45-22-27-25-10-6-4-8-23(25)24-9-5-7-11-26(24)27/h4-11,27H,12-22H2,1-3H3,(H,34,42)(H,35,43). The van der Waals surface area contributed by atoms with Crippen LogP contribution in [0.15, 0.2) is 48.5 Å². The summed E-state index contributed by atoms with van der Waals surface area (Å²) in [5.74, 6) is -0.572. The number of alkyl carbamates (subject to hydrolysis) is 1. The van der Waals surface area contributed by atoms with Crippen molar-refractivity contribution in [3.63, 3.8) is 0 Å². The van der Waals surface area contributed by atoms with Crippen molar-refractivity contribution in [1.82, 2.24) is 30.2 Å². The summed E-state index contributed by atoms with van der Waals surface area (Å²) in [7, 11) is 0. The zero-order valence-electron chi connectivity index (χ0n) is 26.6. The van der Waals surface area contributed by atoms with E-state index in [2.05, 4.69) is 22.8 Å². The van der Waals surface area contributed by atoms with E-state index in [4.69, 9.17) is 9.47 Å². The molecule has 3 aliphatic rings. The largest absolute Gasteiger partial charge is 0.449 e. The minimum absolute atomic E-state index is 0.0715. The molecule has 2 aliphatic heterocycles. The Morgan fingerprint density at radius 1 is 0.674 bits per heavy atom. The fourth-order valence-corrected chi connectivity index (χ4v) is 5.91. The van der Waals surface area contributed by atoms with E-state index in [1.165, 1.54) is 0 Å². The molecule has 2 fully saturated rings. The molecule has 0 aromatic heterocycles. The van der Waals surface area contributed by atoms with Gasteiger partial charge in [0.05, 0.1) is 6.54 Å². The molecular formula is C33H42N6O7. The van der Waals surface area contributed by atoms with Crippen LogP contribution < -0.4 is 10.6 Å². The number of carbonyl (C=O) groups excluding carboxylic acids is 5. The SMILES string of the molecule is CC(C)(C)OC(=O)N1CCN(C(=O)CNC(=O)N2CCN(C(=O)CNC(=O)OCC3c4ccccc4-c4ccccc43)CC2)CC1. The summed E-state index contributed by atoms with van der Waals surface area (Å²) in [6, 6.07) is 15.8. The number of hydrogen-bond donors (Lipinski definition) is 2. The summed E-state index contributed by atoms with van der Waals surface area (Å²) in [4.78, 5) is 69.1. The van der Waals surface area contributed by atoms with E-state index in [9.17, 15) is 24.0 Å². The molecule has 2 aromatic carbocycles. The average Bonchev–Trinajstić information content (AvgIpc) is 3.37. The number of urea groups is 1. The van der Waals surface area contributed by atoms with E-state index >= 15 is 0 Å². The van der Waals surface area contributed by atoms with Crippen molar-refractivity contribution < 1.29 is 33.4 Å². The predicted molar refractivity (Wildman–Crippen MR) is 169 cm³/mol. The van der Waals surface area contributed by atoms with Crippen molar-refractivity contribution in [3.8, 4) is 11.1 Å². The van der Waals surface area contributed by atoms with Crippen LogP contribution in [-0.2, 0) is 19.1 Å². The first-order valence-corrected chi connectivity index (χ1v) is 15.7. The lowest BCUT2D eigenvalue weighted by molar-refractivity contribution is -0.132. The van der Waals surface area contributed by atoms with Crippen molar-refractivity contribution in [2.75, 3.05) is 72.1 Å². The van der Waals surface area contributed by atoms with Gasteiger partial charge in [-0.3, -0.25) is 9.59 Å². The molecule has 246 valence electrons. The molecule has 6 amide bonds. The second-order valence-corrected chi connectivity index (χ2v) is 12.6. The molecule has 13 heteroatoms. The van der Waals surface area contributed by atoms with Gasteiger partial charge in [-0.25, -0.2) is 14.4 Å². The summed E-state index contributed by atoms with van der Waals surface area (Å²) in [6.07, 6.45) is -1.07. The quantitative estimate of drug-likeness (QED) is 0.498. The first kappa shape index (κ1) is 32.6. The molecule has 13 nitrogen and oxygen atoms in total. The molecule has 0 atom stereocenters. The van der Waals surface area contributed by atoms with Gasteiger partial charge in [-0.15, -0.1) is 0 Å². The number of nitrogens with one attached hydrogen (secondary N) is 2. The molecule has 2 aromatic rings. The number of rotatable bonds is 6. The average molecular weight is 635 g/mol. The van der Waals surface area contributed by atoms with Crippen molar-refractivity contribution in [2.45, 2.75) is 32.3 Å². The van der Waals surface area contributed by atoms with Gasteiger partial charge < -0.3 is 39.7 Å². The number of carbonyl (C=O) groups is 5. The molecule has 0 bridgehead atoms. The topological polar surface area (TPSA) is 141 Å². The highest BCUT2D eigenvalue weighted by molar-refractivity contribution is 5.85. The van der Waals surface area contributed by atoms with Gasteiger partial charge in [0.1, 0.15) is 18.8 Å². The fourth-order valence-electron chi connectivity index (χ4n) is 5.91. The number of hydrogen-bond acceptors (Lipinski definition) is 7. The molecule has 0 radical (unpaired) electrons. The minimum atomic E-state index is -0.663.